The fourth-order valence-corrected chi connectivity index (χ4v) is 2.64. The number of hydrogen-bond acceptors (Lipinski definition) is 2. The lowest BCUT2D eigenvalue weighted by Gasteiger charge is -2.22. The summed E-state index contributed by atoms with van der Waals surface area (Å²) in [5.74, 6) is 1.62. The summed E-state index contributed by atoms with van der Waals surface area (Å²) in [7, 11) is 0. The van der Waals surface area contributed by atoms with E-state index in [0.29, 0.717) is 5.92 Å². The number of fused-ring (bicyclic) bond motifs is 1. The molecule has 0 N–H and O–H groups in total. The molecule has 1 aromatic heterocycles. The highest BCUT2D eigenvalue weighted by Crippen LogP contribution is 2.36. The lowest BCUT2D eigenvalue weighted by atomic mass is 10.0. The molecule has 2 nitrogen and oxygen atoms in total. The molecular formula is C16H18N2. The molecule has 0 aliphatic carbocycles. The van der Waals surface area contributed by atoms with E-state index in [-0.39, 0.29) is 0 Å². The normalized spacial score (nSPS) is 14.1. The molecule has 0 saturated carbocycles. The average molecular weight is 238 g/mol. The summed E-state index contributed by atoms with van der Waals surface area (Å²) in [5.41, 5.74) is 4.07. The molecule has 0 radical (unpaired) electrons. The third kappa shape index (κ3) is 1.78. The SMILES string of the molecule is CC(C)c1cccnc1N1CCc2ccccc21. The maximum Gasteiger partial charge on any atom is 0.136 e. The third-order valence-electron chi connectivity index (χ3n) is 3.58. The molecule has 3 rings (SSSR count). The highest BCUT2D eigenvalue weighted by atomic mass is 15.2. The molecule has 18 heavy (non-hydrogen) atoms. The molecule has 0 unspecified atom stereocenters. The van der Waals surface area contributed by atoms with Gasteiger partial charge in [0.1, 0.15) is 5.82 Å². The van der Waals surface area contributed by atoms with Crippen molar-refractivity contribution in [2.45, 2.75) is 26.2 Å². The molecule has 1 aliphatic rings. The fraction of sp³-hybridized carbons (Fsp3) is 0.312. The molecule has 2 heteroatoms. The summed E-state index contributed by atoms with van der Waals surface area (Å²) in [6, 6.07) is 12.8. The van der Waals surface area contributed by atoms with E-state index in [1.165, 1.54) is 16.8 Å². The zero-order valence-electron chi connectivity index (χ0n) is 10.9. The van der Waals surface area contributed by atoms with Crippen LogP contribution in [0.5, 0.6) is 0 Å². The predicted octanol–water partition coefficient (Wildman–Crippen LogP) is 3.90. The van der Waals surface area contributed by atoms with Crippen molar-refractivity contribution in [1.82, 2.24) is 4.98 Å². The second-order valence-corrected chi connectivity index (χ2v) is 5.10. The van der Waals surface area contributed by atoms with Crippen LogP contribution in [0.1, 0.15) is 30.9 Å². The lowest BCUT2D eigenvalue weighted by molar-refractivity contribution is 0.842. The van der Waals surface area contributed by atoms with Crippen LogP contribution in [0.2, 0.25) is 0 Å². The summed E-state index contributed by atoms with van der Waals surface area (Å²) < 4.78 is 0. The first-order chi connectivity index (χ1) is 8.77. The molecule has 2 heterocycles. The third-order valence-corrected chi connectivity index (χ3v) is 3.58. The van der Waals surface area contributed by atoms with Gasteiger partial charge in [0, 0.05) is 18.4 Å². The minimum atomic E-state index is 0.501. The number of anilines is 2. The number of nitrogens with zero attached hydrogens (tertiary/aromatic N) is 2. The van der Waals surface area contributed by atoms with Crippen LogP contribution in [0.3, 0.4) is 0 Å². The van der Waals surface area contributed by atoms with Crippen molar-refractivity contribution in [2.24, 2.45) is 0 Å². The molecule has 0 saturated heterocycles. The molecule has 0 spiro atoms. The molecule has 2 aromatic rings. The maximum atomic E-state index is 4.61. The molecular weight excluding hydrogens is 220 g/mol. The van der Waals surface area contributed by atoms with E-state index in [0.717, 1.165) is 18.8 Å². The Bertz CT molecular complexity index is 561. The van der Waals surface area contributed by atoms with Gasteiger partial charge in [0.2, 0.25) is 0 Å². The average Bonchev–Trinajstić information content (AvgIpc) is 2.82. The number of hydrogen-bond donors (Lipinski definition) is 0. The molecule has 0 fully saturated rings. The number of rotatable bonds is 2. The van der Waals surface area contributed by atoms with Crippen LogP contribution in [-0.2, 0) is 6.42 Å². The van der Waals surface area contributed by atoms with Crippen LogP contribution in [0.15, 0.2) is 42.6 Å². The lowest BCUT2D eigenvalue weighted by Crippen LogP contribution is -2.17. The maximum absolute atomic E-state index is 4.61. The van der Waals surface area contributed by atoms with Crippen molar-refractivity contribution in [3.63, 3.8) is 0 Å². The Hall–Kier alpha value is -1.83. The smallest absolute Gasteiger partial charge is 0.136 e. The van der Waals surface area contributed by atoms with Crippen molar-refractivity contribution in [3.8, 4) is 0 Å². The van der Waals surface area contributed by atoms with Gasteiger partial charge < -0.3 is 4.90 Å². The number of para-hydroxylation sites is 1. The van der Waals surface area contributed by atoms with Gasteiger partial charge in [-0.3, -0.25) is 0 Å². The van der Waals surface area contributed by atoms with Gasteiger partial charge in [0.15, 0.2) is 0 Å². The van der Waals surface area contributed by atoms with Gasteiger partial charge in [0.25, 0.3) is 0 Å². The summed E-state index contributed by atoms with van der Waals surface area (Å²) in [5, 5.41) is 0. The van der Waals surface area contributed by atoms with E-state index >= 15 is 0 Å². The first-order valence-corrected chi connectivity index (χ1v) is 6.57. The van der Waals surface area contributed by atoms with Crippen molar-refractivity contribution in [3.05, 3.63) is 53.7 Å². The Labute approximate surface area is 108 Å². The Morgan fingerprint density at radius 1 is 1.11 bits per heavy atom. The van der Waals surface area contributed by atoms with Crippen LogP contribution in [0.25, 0.3) is 0 Å². The summed E-state index contributed by atoms with van der Waals surface area (Å²) in [6.45, 7) is 5.49. The van der Waals surface area contributed by atoms with Gasteiger partial charge >= 0.3 is 0 Å². The van der Waals surface area contributed by atoms with E-state index < -0.39 is 0 Å². The van der Waals surface area contributed by atoms with Crippen LogP contribution < -0.4 is 4.90 Å². The largest absolute Gasteiger partial charge is 0.326 e. The highest BCUT2D eigenvalue weighted by Gasteiger charge is 2.23. The number of pyridine rings is 1. The topological polar surface area (TPSA) is 16.1 Å². The van der Waals surface area contributed by atoms with Crippen molar-refractivity contribution >= 4 is 11.5 Å². The fourth-order valence-electron chi connectivity index (χ4n) is 2.64. The zero-order chi connectivity index (χ0) is 12.5. The van der Waals surface area contributed by atoms with E-state index in [1.807, 2.05) is 12.3 Å². The van der Waals surface area contributed by atoms with Gasteiger partial charge in [-0.15, -0.1) is 0 Å². The Kier molecular flexibility index (Phi) is 2.78. The standard InChI is InChI=1S/C16H18N2/c1-12(2)14-7-5-10-17-16(14)18-11-9-13-6-3-4-8-15(13)18/h3-8,10,12H,9,11H2,1-2H3. The molecule has 1 aliphatic heterocycles. The van der Waals surface area contributed by atoms with Crippen molar-refractivity contribution in [1.29, 1.82) is 0 Å². The number of benzene rings is 1. The Morgan fingerprint density at radius 3 is 2.78 bits per heavy atom. The zero-order valence-corrected chi connectivity index (χ0v) is 10.9. The van der Waals surface area contributed by atoms with Crippen LogP contribution >= 0.6 is 0 Å². The summed E-state index contributed by atoms with van der Waals surface area (Å²) in [6.07, 6.45) is 3.01. The number of aromatic nitrogens is 1. The Balaban J connectivity index is 2.08. The molecule has 0 amide bonds. The van der Waals surface area contributed by atoms with E-state index in [4.69, 9.17) is 0 Å². The van der Waals surface area contributed by atoms with Gasteiger partial charge in [0.05, 0.1) is 0 Å². The van der Waals surface area contributed by atoms with Crippen molar-refractivity contribution < 1.29 is 0 Å². The molecule has 0 atom stereocenters. The van der Waals surface area contributed by atoms with Gasteiger partial charge in [-0.2, -0.15) is 0 Å². The molecule has 1 aromatic carbocycles. The van der Waals surface area contributed by atoms with Crippen LogP contribution in [0, 0.1) is 0 Å². The monoisotopic (exact) mass is 238 g/mol. The quantitative estimate of drug-likeness (QED) is 0.788. The van der Waals surface area contributed by atoms with Gasteiger partial charge in [-0.1, -0.05) is 38.1 Å². The van der Waals surface area contributed by atoms with Crippen LogP contribution in [-0.4, -0.2) is 11.5 Å². The minimum absolute atomic E-state index is 0.501. The highest BCUT2D eigenvalue weighted by molar-refractivity contribution is 5.69. The van der Waals surface area contributed by atoms with E-state index in [9.17, 15) is 0 Å². The molecule has 92 valence electrons. The first kappa shape index (κ1) is 11.3. The summed E-state index contributed by atoms with van der Waals surface area (Å²) >= 11 is 0. The second kappa shape index (κ2) is 4.45. The van der Waals surface area contributed by atoms with Crippen molar-refractivity contribution in [2.75, 3.05) is 11.4 Å². The van der Waals surface area contributed by atoms with Gasteiger partial charge in [-0.25, -0.2) is 4.98 Å². The first-order valence-electron chi connectivity index (χ1n) is 6.57. The molecule has 0 bridgehead atoms. The Morgan fingerprint density at radius 2 is 1.94 bits per heavy atom. The second-order valence-electron chi connectivity index (χ2n) is 5.10. The van der Waals surface area contributed by atoms with Crippen LogP contribution in [0.4, 0.5) is 11.5 Å². The minimum Gasteiger partial charge on any atom is -0.326 e. The predicted molar refractivity (Wildman–Crippen MR) is 75.5 cm³/mol. The summed E-state index contributed by atoms with van der Waals surface area (Å²) in [4.78, 5) is 6.96. The van der Waals surface area contributed by atoms with E-state index in [2.05, 4.69) is 54.1 Å². The van der Waals surface area contributed by atoms with E-state index in [1.54, 1.807) is 0 Å². The van der Waals surface area contributed by atoms with Gasteiger partial charge in [-0.05, 0) is 35.6 Å².